The van der Waals surface area contributed by atoms with Crippen molar-refractivity contribution in [1.82, 2.24) is 0 Å². The number of nitrogens with two attached hydrogens (primary N) is 1. The van der Waals surface area contributed by atoms with Crippen LogP contribution in [0.3, 0.4) is 0 Å². The number of rotatable bonds is 0. The normalized spacial score (nSPS) is 52.6. The van der Waals surface area contributed by atoms with Crippen LogP contribution in [-0.2, 0) is 4.74 Å². The summed E-state index contributed by atoms with van der Waals surface area (Å²) in [6.45, 7) is 1.58. The molecular formula is C6H13NO4. The SMILES string of the molecule is C[C@@H]1O[C@@H](O)[C@H](O)[C@H](N)[C@@H]1O. The second-order valence-corrected chi connectivity index (χ2v) is 2.79. The Hall–Kier alpha value is -0.200. The predicted molar refractivity (Wildman–Crippen MR) is 36.5 cm³/mol. The number of aliphatic hydroxyl groups excluding tert-OH is 3. The maximum atomic E-state index is 9.21. The summed E-state index contributed by atoms with van der Waals surface area (Å²) in [7, 11) is 0. The Balaban J connectivity index is 2.63. The third kappa shape index (κ3) is 1.52. The Kier molecular flexibility index (Phi) is 2.46. The molecule has 0 aromatic heterocycles. The monoisotopic (exact) mass is 163 g/mol. The van der Waals surface area contributed by atoms with Crippen molar-refractivity contribution >= 4 is 0 Å². The molecule has 5 atom stereocenters. The fraction of sp³-hybridized carbons (Fsp3) is 1.00. The van der Waals surface area contributed by atoms with Gasteiger partial charge in [0, 0.05) is 0 Å². The van der Waals surface area contributed by atoms with Gasteiger partial charge in [-0.05, 0) is 6.92 Å². The van der Waals surface area contributed by atoms with Gasteiger partial charge in [0.25, 0.3) is 0 Å². The number of ether oxygens (including phenoxy) is 1. The molecule has 0 aromatic carbocycles. The summed E-state index contributed by atoms with van der Waals surface area (Å²) in [5, 5.41) is 27.3. The van der Waals surface area contributed by atoms with Gasteiger partial charge in [0.15, 0.2) is 6.29 Å². The number of aliphatic hydroxyl groups is 3. The largest absolute Gasteiger partial charge is 0.389 e. The molecule has 0 saturated carbocycles. The standard InChI is InChI=1S/C6H13NO4/c1-2-4(8)3(7)5(9)6(10)11-2/h2-6,8-10H,7H2,1H3/t2-,3+,4+,5+,6+/m0/s1. The first-order valence-corrected chi connectivity index (χ1v) is 3.49. The highest BCUT2D eigenvalue weighted by Gasteiger charge is 2.39. The first kappa shape index (κ1) is 8.89. The molecule has 11 heavy (non-hydrogen) atoms. The Morgan fingerprint density at radius 3 is 2.27 bits per heavy atom. The molecule has 1 aliphatic heterocycles. The van der Waals surface area contributed by atoms with E-state index in [4.69, 9.17) is 20.7 Å². The minimum absolute atomic E-state index is 0.539. The topological polar surface area (TPSA) is 95.9 Å². The molecule has 1 fully saturated rings. The molecule has 0 bridgehead atoms. The summed E-state index contributed by atoms with van der Waals surface area (Å²) < 4.78 is 4.76. The minimum Gasteiger partial charge on any atom is -0.389 e. The van der Waals surface area contributed by atoms with E-state index < -0.39 is 30.6 Å². The summed E-state index contributed by atoms with van der Waals surface area (Å²) in [4.78, 5) is 0. The molecule has 0 spiro atoms. The van der Waals surface area contributed by atoms with E-state index in [0.29, 0.717) is 0 Å². The molecule has 1 aliphatic rings. The lowest BCUT2D eigenvalue weighted by Crippen LogP contribution is -2.60. The van der Waals surface area contributed by atoms with Gasteiger partial charge in [0.05, 0.1) is 18.2 Å². The summed E-state index contributed by atoms with van der Waals surface area (Å²) in [6, 6.07) is -0.839. The lowest BCUT2D eigenvalue weighted by molar-refractivity contribution is -0.247. The van der Waals surface area contributed by atoms with Crippen molar-refractivity contribution in [3.8, 4) is 0 Å². The van der Waals surface area contributed by atoms with Gasteiger partial charge >= 0.3 is 0 Å². The predicted octanol–water partition coefficient (Wildman–Crippen LogP) is -2.23. The van der Waals surface area contributed by atoms with E-state index in [1.165, 1.54) is 0 Å². The van der Waals surface area contributed by atoms with Gasteiger partial charge in [-0.2, -0.15) is 0 Å². The molecule has 0 aliphatic carbocycles. The van der Waals surface area contributed by atoms with Gasteiger partial charge in [-0.3, -0.25) is 0 Å². The molecule has 0 amide bonds. The highest BCUT2D eigenvalue weighted by atomic mass is 16.6. The second-order valence-electron chi connectivity index (χ2n) is 2.79. The minimum atomic E-state index is -1.29. The molecule has 1 saturated heterocycles. The molecule has 5 heteroatoms. The van der Waals surface area contributed by atoms with Crippen LogP contribution < -0.4 is 5.73 Å². The zero-order valence-electron chi connectivity index (χ0n) is 6.21. The Morgan fingerprint density at radius 1 is 1.18 bits per heavy atom. The van der Waals surface area contributed by atoms with Gasteiger partial charge in [0.1, 0.15) is 6.10 Å². The van der Waals surface area contributed by atoms with Crippen LogP contribution in [0.1, 0.15) is 6.92 Å². The molecule has 1 heterocycles. The van der Waals surface area contributed by atoms with Crippen molar-refractivity contribution in [1.29, 1.82) is 0 Å². The van der Waals surface area contributed by atoms with Crippen LogP contribution in [-0.4, -0.2) is 46.0 Å². The molecule has 66 valence electrons. The third-order valence-electron chi connectivity index (χ3n) is 1.92. The van der Waals surface area contributed by atoms with E-state index in [0.717, 1.165) is 0 Å². The molecule has 0 unspecified atom stereocenters. The fourth-order valence-electron chi connectivity index (χ4n) is 1.09. The van der Waals surface area contributed by atoms with Crippen molar-refractivity contribution in [2.45, 2.75) is 37.6 Å². The average molecular weight is 163 g/mol. The summed E-state index contributed by atoms with van der Waals surface area (Å²) in [5.74, 6) is 0. The molecule has 0 aromatic rings. The van der Waals surface area contributed by atoms with Crippen molar-refractivity contribution < 1.29 is 20.1 Å². The Labute approximate surface area is 64.4 Å². The highest BCUT2D eigenvalue weighted by molar-refractivity contribution is 4.89. The smallest absolute Gasteiger partial charge is 0.182 e. The molecule has 1 rings (SSSR count). The van der Waals surface area contributed by atoms with E-state index in [2.05, 4.69) is 0 Å². The Morgan fingerprint density at radius 2 is 1.73 bits per heavy atom. The van der Waals surface area contributed by atoms with Crippen molar-refractivity contribution in [3.05, 3.63) is 0 Å². The van der Waals surface area contributed by atoms with Gasteiger partial charge in [-0.1, -0.05) is 0 Å². The van der Waals surface area contributed by atoms with E-state index >= 15 is 0 Å². The van der Waals surface area contributed by atoms with E-state index in [-0.39, 0.29) is 0 Å². The fourth-order valence-corrected chi connectivity index (χ4v) is 1.09. The molecule has 5 nitrogen and oxygen atoms in total. The quantitative estimate of drug-likeness (QED) is 0.324. The van der Waals surface area contributed by atoms with Gasteiger partial charge in [-0.15, -0.1) is 0 Å². The van der Waals surface area contributed by atoms with E-state index in [9.17, 15) is 5.11 Å². The van der Waals surface area contributed by atoms with Crippen LogP contribution >= 0.6 is 0 Å². The zero-order chi connectivity index (χ0) is 8.59. The Bertz CT molecular complexity index is 129. The lowest BCUT2D eigenvalue weighted by Gasteiger charge is -2.37. The maximum Gasteiger partial charge on any atom is 0.182 e. The van der Waals surface area contributed by atoms with Crippen LogP contribution in [0.4, 0.5) is 0 Å². The van der Waals surface area contributed by atoms with Crippen LogP contribution in [0.5, 0.6) is 0 Å². The second kappa shape index (κ2) is 3.04. The maximum absolute atomic E-state index is 9.21. The molecule has 0 radical (unpaired) electrons. The lowest BCUT2D eigenvalue weighted by atomic mass is 9.98. The number of hydrogen-bond donors (Lipinski definition) is 4. The zero-order valence-corrected chi connectivity index (χ0v) is 6.21. The van der Waals surface area contributed by atoms with Crippen LogP contribution in [0.25, 0.3) is 0 Å². The van der Waals surface area contributed by atoms with Gasteiger partial charge in [-0.25, -0.2) is 0 Å². The van der Waals surface area contributed by atoms with Crippen LogP contribution in [0.2, 0.25) is 0 Å². The van der Waals surface area contributed by atoms with Crippen LogP contribution in [0, 0.1) is 0 Å². The average Bonchev–Trinajstić information content (AvgIpc) is 1.97. The van der Waals surface area contributed by atoms with E-state index in [1.54, 1.807) is 6.92 Å². The first-order chi connectivity index (χ1) is 5.04. The van der Waals surface area contributed by atoms with Gasteiger partial charge in [0.2, 0.25) is 0 Å². The van der Waals surface area contributed by atoms with Crippen LogP contribution in [0.15, 0.2) is 0 Å². The van der Waals surface area contributed by atoms with Crippen molar-refractivity contribution in [2.24, 2.45) is 5.73 Å². The first-order valence-electron chi connectivity index (χ1n) is 3.49. The van der Waals surface area contributed by atoms with Gasteiger partial charge < -0.3 is 25.8 Å². The molecule has 5 N–H and O–H groups in total. The summed E-state index contributed by atoms with van der Waals surface area (Å²) in [5.41, 5.74) is 5.36. The number of hydrogen-bond acceptors (Lipinski definition) is 5. The van der Waals surface area contributed by atoms with Crippen molar-refractivity contribution in [3.63, 3.8) is 0 Å². The third-order valence-corrected chi connectivity index (χ3v) is 1.92. The summed E-state index contributed by atoms with van der Waals surface area (Å²) in [6.07, 6.45) is -3.96. The van der Waals surface area contributed by atoms with Crippen molar-refractivity contribution in [2.75, 3.05) is 0 Å². The highest BCUT2D eigenvalue weighted by Crippen LogP contribution is 2.17. The molecular weight excluding hydrogens is 150 g/mol. The van der Waals surface area contributed by atoms with E-state index in [1.807, 2.05) is 0 Å². The summed E-state index contributed by atoms with van der Waals surface area (Å²) >= 11 is 0.